The maximum atomic E-state index is 13.1. The summed E-state index contributed by atoms with van der Waals surface area (Å²) in [5.74, 6) is -1.17. The topological polar surface area (TPSA) is 131 Å². The zero-order valence-corrected chi connectivity index (χ0v) is 17.2. The smallest absolute Gasteiger partial charge is 0.296 e. The number of fused-ring (bicyclic) bond motifs is 1. The number of nitrogens with zero attached hydrogens (tertiary/aromatic N) is 7. The van der Waals surface area contributed by atoms with E-state index in [0.717, 1.165) is 0 Å². The second-order valence-corrected chi connectivity index (χ2v) is 7.69. The number of carbonyl (C=O) groups is 1. The molecular weight excluding hydrogens is 407 g/mol. The van der Waals surface area contributed by atoms with Crippen LogP contribution in [0, 0.1) is 5.82 Å². The molecule has 0 atom stereocenters. The number of benzene rings is 1. The van der Waals surface area contributed by atoms with Gasteiger partial charge in [-0.2, -0.15) is 4.80 Å². The summed E-state index contributed by atoms with van der Waals surface area (Å²) >= 11 is 0. The fraction of sp³-hybridized carbons (Fsp3) is 0.368. The molecule has 1 aromatic carbocycles. The van der Waals surface area contributed by atoms with Gasteiger partial charge in [-0.3, -0.25) is 14.2 Å². The Balaban J connectivity index is 1.67. The highest BCUT2D eigenvalue weighted by Gasteiger charge is 2.40. The van der Waals surface area contributed by atoms with Crippen molar-refractivity contribution < 1.29 is 14.3 Å². The number of anilines is 1. The maximum Gasteiger partial charge on any atom is 0.296 e. The predicted molar refractivity (Wildman–Crippen MR) is 107 cm³/mol. The summed E-state index contributed by atoms with van der Waals surface area (Å²) in [6, 6.07) is 5.61. The van der Waals surface area contributed by atoms with E-state index in [1.807, 2.05) is 18.7 Å². The van der Waals surface area contributed by atoms with Gasteiger partial charge in [0.25, 0.3) is 17.4 Å². The molecule has 1 amide bonds. The molecule has 1 aliphatic rings. The molecule has 12 heteroatoms. The van der Waals surface area contributed by atoms with Crippen molar-refractivity contribution in [3.63, 3.8) is 0 Å². The molecule has 0 fully saturated rings. The summed E-state index contributed by atoms with van der Waals surface area (Å²) < 4.78 is 14.4. The third-order valence-corrected chi connectivity index (χ3v) is 5.24. The van der Waals surface area contributed by atoms with Gasteiger partial charge in [-0.15, -0.1) is 5.10 Å². The zero-order chi connectivity index (χ0) is 22.3. The highest BCUT2D eigenvalue weighted by Crippen LogP contribution is 2.32. The van der Waals surface area contributed by atoms with Gasteiger partial charge in [-0.05, 0) is 36.8 Å². The van der Waals surface area contributed by atoms with Crippen molar-refractivity contribution in [1.29, 1.82) is 0 Å². The van der Waals surface area contributed by atoms with Crippen LogP contribution in [0.15, 0.2) is 29.1 Å². The number of aromatic nitrogens is 6. The van der Waals surface area contributed by atoms with E-state index in [1.54, 1.807) is 7.05 Å². The highest BCUT2D eigenvalue weighted by atomic mass is 19.1. The molecule has 0 spiro atoms. The molecular formula is C19H21FN8O3. The van der Waals surface area contributed by atoms with Crippen LogP contribution in [0.4, 0.5) is 10.3 Å². The van der Waals surface area contributed by atoms with Gasteiger partial charge in [-0.1, -0.05) is 17.2 Å². The Hall–Kier alpha value is -3.83. The van der Waals surface area contributed by atoms with Crippen molar-refractivity contribution >= 4 is 11.9 Å². The number of carbonyl (C=O) groups excluding carboxylic acids is 1. The quantitative estimate of drug-likeness (QED) is 0.607. The van der Waals surface area contributed by atoms with Crippen LogP contribution in [0.1, 0.15) is 35.7 Å². The van der Waals surface area contributed by atoms with E-state index in [4.69, 9.17) is 0 Å². The van der Waals surface area contributed by atoms with Gasteiger partial charge in [0.2, 0.25) is 5.75 Å². The standard InChI is InChI=1S/C19H21FN8O3/c1-19(2)17-22-13(15(30)21-10-11-4-6-12(20)7-5-11)14(29)16(31)27(17)8-9-28(19)18-23-25-26(3)24-18/h4-7,29H,8-10H2,1-3H3,(H,21,30). The lowest BCUT2D eigenvalue weighted by atomic mass is 9.98. The van der Waals surface area contributed by atoms with E-state index in [0.29, 0.717) is 23.9 Å². The first kappa shape index (κ1) is 20.4. The maximum absolute atomic E-state index is 13.1. The van der Waals surface area contributed by atoms with Gasteiger partial charge in [-0.25, -0.2) is 9.37 Å². The highest BCUT2D eigenvalue weighted by molar-refractivity contribution is 5.94. The molecule has 0 saturated heterocycles. The molecule has 0 bridgehead atoms. The molecule has 4 rings (SSSR count). The van der Waals surface area contributed by atoms with Crippen LogP contribution in [0.2, 0.25) is 0 Å². The number of halogens is 1. The van der Waals surface area contributed by atoms with Crippen LogP contribution in [-0.2, 0) is 25.7 Å². The summed E-state index contributed by atoms with van der Waals surface area (Å²) in [5, 5.41) is 25.1. The average molecular weight is 428 g/mol. The molecule has 2 aromatic heterocycles. The van der Waals surface area contributed by atoms with Crippen LogP contribution < -0.4 is 15.8 Å². The number of amides is 1. The molecule has 11 nitrogen and oxygen atoms in total. The van der Waals surface area contributed by atoms with Crippen LogP contribution >= 0.6 is 0 Å². The summed E-state index contributed by atoms with van der Waals surface area (Å²) in [6.07, 6.45) is 0. The van der Waals surface area contributed by atoms with Crippen molar-refractivity contribution in [2.24, 2.45) is 7.05 Å². The van der Waals surface area contributed by atoms with Gasteiger partial charge in [0, 0.05) is 19.6 Å². The van der Waals surface area contributed by atoms with Crippen molar-refractivity contribution in [1.82, 2.24) is 35.1 Å². The normalized spacial score (nSPS) is 14.9. The van der Waals surface area contributed by atoms with Crippen molar-refractivity contribution in [3.8, 4) is 5.75 Å². The molecule has 2 N–H and O–H groups in total. The molecule has 1 aliphatic heterocycles. The molecule has 31 heavy (non-hydrogen) atoms. The fourth-order valence-corrected chi connectivity index (χ4v) is 3.58. The van der Waals surface area contributed by atoms with E-state index in [2.05, 4.69) is 25.7 Å². The van der Waals surface area contributed by atoms with E-state index >= 15 is 0 Å². The number of nitrogens with one attached hydrogen (secondary N) is 1. The Bertz CT molecular complexity index is 1200. The minimum absolute atomic E-state index is 0.0810. The summed E-state index contributed by atoms with van der Waals surface area (Å²) in [5.41, 5.74) is -1.28. The average Bonchev–Trinajstić information content (AvgIpc) is 3.15. The molecule has 162 valence electrons. The summed E-state index contributed by atoms with van der Waals surface area (Å²) in [4.78, 5) is 33.0. The van der Waals surface area contributed by atoms with Crippen LogP contribution in [0.5, 0.6) is 5.75 Å². The monoisotopic (exact) mass is 428 g/mol. The van der Waals surface area contributed by atoms with Crippen LogP contribution in [-0.4, -0.2) is 47.3 Å². The van der Waals surface area contributed by atoms with Crippen molar-refractivity contribution in [3.05, 3.63) is 57.5 Å². The first-order valence-electron chi connectivity index (χ1n) is 9.57. The second-order valence-electron chi connectivity index (χ2n) is 7.69. The van der Waals surface area contributed by atoms with Crippen molar-refractivity contribution in [2.75, 3.05) is 11.4 Å². The van der Waals surface area contributed by atoms with Crippen molar-refractivity contribution in [2.45, 2.75) is 32.5 Å². The first-order chi connectivity index (χ1) is 14.7. The number of rotatable bonds is 4. The first-order valence-corrected chi connectivity index (χ1v) is 9.57. The Morgan fingerprint density at radius 2 is 1.97 bits per heavy atom. The minimum atomic E-state index is -0.861. The van der Waals surface area contributed by atoms with Crippen LogP contribution in [0.3, 0.4) is 0 Å². The van der Waals surface area contributed by atoms with Gasteiger partial charge < -0.3 is 15.3 Å². The zero-order valence-electron chi connectivity index (χ0n) is 17.2. The molecule has 0 aliphatic carbocycles. The largest absolute Gasteiger partial charge is 0.501 e. The molecule has 0 unspecified atom stereocenters. The van der Waals surface area contributed by atoms with E-state index in [1.165, 1.54) is 33.6 Å². The fourth-order valence-electron chi connectivity index (χ4n) is 3.58. The van der Waals surface area contributed by atoms with E-state index in [-0.39, 0.29) is 24.6 Å². The Labute approximate surface area is 176 Å². The minimum Gasteiger partial charge on any atom is -0.501 e. The van der Waals surface area contributed by atoms with Gasteiger partial charge in [0.1, 0.15) is 11.6 Å². The third kappa shape index (κ3) is 3.60. The molecule has 0 saturated carbocycles. The van der Waals surface area contributed by atoms with Gasteiger partial charge in [0.15, 0.2) is 5.69 Å². The van der Waals surface area contributed by atoms with Gasteiger partial charge >= 0.3 is 0 Å². The number of aryl methyl sites for hydroxylation is 1. The lowest BCUT2D eigenvalue weighted by Crippen LogP contribution is -2.53. The van der Waals surface area contributed by atoms with E-state index < -0.39 is 22.8 Å². The molecule has 3 heterocycles. The summed E-state index contributed by atoms with van der Waals surface area (Å²) in [6.45, 7) is 4.34. The number of tetrazole rings is 1. The molecule has 0 radical (unpaired) electrons. The lowest BCUT2D eigenvalue weighted by Gasteiger charge is -2.42. The summed E-state index contributed by atoms with van der Waals surface area (Å²) in [7, 11) is 1.64. The predicted octanol–water partition coefficient (Wildman–Crippen LogP) is 0.297. The number of hydrogen-bond donors (Lipinski definition) is 2. The van der Waals surface area contributed by atoms with E-state index in [9.17, 15) is 19.1 Å². The molecule has 3 aromatic rings. The second kappa shape index (κ2) is 7.45. The lowest BCUT2D eigenvalue weighted by molar-refractivity contribution is 0.0941. The number of aromatic hydroxyl groups is 1. The van der Waals surface area contributed by atoms with Gasteiger partial charge in [0.05, 0.1) is 12.6 Å². The SMILES string of the molecule is Cn1nnc(N2CCn3c(nc(C(=O)NCc4ccc(F)cc4)c(O)c3=O)C2(C)C)n1. The third-order valence-electron chi connectivity index (χ3n) is 5.24. The number of hydrogen-bond acceptors (Lipinski definition) is 8. The Morgan fingerprint density at radius 1 is 1.26 bits per heavy atom. The Kier molecular flexibility index (Phi) is 4.91. The Morgan fingerprint density at radius 3 is 2.61 bits per heavy atom. The van der Waals surface area contributed by atoms with Crippen LogP contribution in [0.25, 0.3) is 0 Å².